The minimum atomic E-state index is 0. The fraction of sp³-hybridized carbons (Fsp3) is 1.00. The number of hydrogen-bond acceptors (Lipinski definition) is 6. The molecule has 1 aliphatic rings. The van der Waals surface area contributed by atoms with Gasteiger partial charge < -0.3 is 33.7 Å². The number of rotatable bonds is 16. The molecule has 1 rings (SSSR count). The van der Waals surface area contributed by atoms with Gasteiger partial charge in [0.15, 0.2) is 0 Å². The van der Waals surface area contributed by atoms with Crippen LogP contribution in [0.1, 0.15) is 12.8 Å². The first-order valence-electron chi connectivity index (χ1n) is 8.48. The first-order chi connectivity index (χ1) is 11.4. The molecule has 0 N–H and O–H groups in total. The molecule has 7 nitrogen and oxygen atoms in total. The molecule has 0 aromatic carbocycles. The molecule has 0 radical (unpaired) electrons. The molecule has 24 heavy (non-hydrogen) atoms. The summed E-state index contributed by atoms with van der Waals surface area (Å²) in [6.45, 7) is 7.83. The summed E-state index contributed by atoms with van der Waals surface area (Å²) in [5, 5.41) is 4.30. The zero-order valence-electron chi connectivity index (χ0n) is 15.4. The summed E-state index contributed by atoms with van der Waals surface area (Å²) in [5.41, 5.74) is 0. The van der Waals surface area contributed by atoms with Crippen LogP contribution in [0.4, 0.5) is 0 Å². The van der Waals surface area contributed by atoms with E-state index in [1.807, 2.05) is 0 Å². The van der Waals surface area contributed by atoms with Crippen LogP contribution in [0.25, 0.3) is 5.32 Å². The maximum absolute atomic E-state index is 5.72. The van der Waals surface area contributed by atoms with Gasteiger partial charge in [0, 0.05) is 7.11 Å². The number of hydrogen-bond donors (Lipinski definition) is 0. The van der Waals surface area contributed by atoms with Gasteiger partial charge in [-0.25, -0.2) is 0 Å². The third-order valence-electron chi connectivity index (χ3n) is 3.35. The SMILES string of the molecule is COCCOCCOCCOCCOCCOC1CC[N-]CC1.[K+]. The summed E-state index contributed by atoms with van der Waals surface area (Å²) < 4.78 is 32.1. The molecule has 0 aromatic heterocycles. The van der Waals surface area contributed by atoms with Crippen molar-refractivity contribution in [1.82, 2.24) is 0 Å². The molecule has 0 atom stereocenters. The average molecular weight is 374 g/mol. The average Bonchev–Trinajstić information content (AvgIpc) is 2.59. The van der Waals surface area contributed by atoms with E-state index in [4.69, 9.17) is 28.4 Å². The van der Waals surface area contributed by atoms with E-state index < -0.39 is 0 Å². The van der Waals surface area contributed by atoms with Gasteiger partial charge in [0.05, 0.1) is 72.2 Å². The molecule has 0 aliphatic carbocycles. The summed E-state index contributed by atoms with van der Waals surface area (Å²) in [7, 11) is 1.65. The van der Waals surface area contributed by atoms with E-state index in [9.17, 15) is 0 Å². The van der Waals surface area contributed by atoms with Gasteiger partial charge in [-0.15, -0.1) is 13.1 Å². The van der Waals surface area contributed by atoms with E-state index in [0.29, 0.717) is 72.2 Å². The quantitative estimate of drug-likeness (QED) is 0.236. The predicted molar refractivity (Wildman–Crippen MR) is 87.2 cm³/mol. The Morgan fingerprint density at radius 1 is 0.667 bits per heavy atom. The van der Waals surface area contributed by atoms with Gasteiger partial charge in [-0.1, -0.05) is 0 Å². The molecule has 0 aromatic rings. The molecule has 0 unspecified atom stereocenters. The van der Waals surface area contributed by atoms with Crippen molar-refractivity contribution in [3.05, 3.63) is 5.32 Å². The molecule has 1 saturated heterocycles. The molecule has 1 fully saturated rings. The molecule has 1 heterocycles. The maximum atomic E-state index is 5.72. The van der Waals surface area contributed by atoms with Crippen molar-refractivity contribution >= 4 is 0 Å². The van der Waals surface area contributed by atoms with E-state index in [1.54, 1.807) is 7.11 Å². The van der Waals surface area contributed by atoms with E-state index in [-0.39, 0.29) is 51.4 Å². The maximum Gasteiger partial charge on any atom is 1.00 e. The monoisotopic (exact) mass is 373 g/mol. The van der Waals surface area contributed by atoms with Crippen molar-refractivity contribution in [1.29, 1.82) is 0 Å². The zero-order valence-corrected chi connectivity index (χ0v) is 18.5. The first-order valence-corrected chi connectivity index (χ1v) is 8.48. The summed E-state index contributed by atoms with van der Waals surface area (Å²) in [5.74, 6) is 0. The largest absolute Gasteiger partial charge is 1.00 e. The van der Waals surface area contributed by atoms with Crippen molar-refractivity contribution in [3.63, 3.8) is 0 Å². The van der Waals surface area contributed by atoms with Crippen LogP contribution in [0.15, 0.2) is 0 Å². The van der Waals surface area contributed by atoms with Gasteiger partial charge in [-0.3, -0.25) is 0 Å². The fourth-order valence-electron chi connectivity index (χ4n) is 2.07. The molecule has 0 saturated carbocycles. The Bertz CT molecular complexity index is 245. The Kier molecular flexibility index (Phi) is 21.8. The van der Waals surface area contributed by atoms with Gasteiger partial charge in [-0.2, -0.15) is 0 Å². The Morgan fingerprint density at radius 3 is 1.54 bits per heavy atom. The van der Waals surface area contributed by atoms with Crippen LogP contribution >= 0.6 is 0 Å². The molecule has 138 valence electrons. The van der Waals surface area contributed by atoms with E-state index in [1.165, 1.54) is 0 Å². The van der Waals surface area contributed by atoms with Crippen molar-refractivity contribution in [2.24, 2.45) is 0 Å². The van der Waals surface area contributed by atoms with Crippen molar-refractivity contribution in [2.45, 2.75) is 18.9 Å². The van der Waals surface area contributed by atoms with Gasteiger partial charge in [0.2, 0.25) is 0 Å². The molecular weight excluding hydrogens is 341 g/mol. The van der Waals surface area contributed by atoms with Crippen LogP contribution in [0.2, 0.25) is 0 Å². The third kappa shape index (κ3) is 16.8. The van der Waals surface area contributed by atoms with E-state index in [2.05, 4.69) is 5.32 Å². The van der Waals surface area contributed by atoms with Crippen molar-refractivity contribution < 1.29 is 79.8 Å². The summed E-state index contributed by atoms with van der Waals surface area (Å²) in [6, 6.07) is 0. The molecular formula is C16H32KNO6. The Balaban J connectivity index is 0.00000529. The second kappa shape index (κ2) is 20.7. The summed E-state index contributed by atoms with van der Waals surface area (Å²) in [4.78, 5) is 0. The molecule has 0 bridgehead atoms. The van der Waals surface area contributed by atoms with Gasteiger partial charge in [0.1, 0.15) is 0 Å². The number of ether oxygens (including phenoxy) is 6. The van der Waals surface area contributed by atoms with Crippen LogP contribution in [-0.2, 0) is 28.4 Å². The van der Waals surface area contributed by atoms with Crippen LogP contribution in [0.5, 0.6) is 0 Å². The predicted octanol–water partition coefficient (Wildman–Crippen LogP) is -1.74. The fourth-order valence-corrected chi connectivity index (χ4v) is 2.07. The van der Waals surface area contributed by atoms with Gasteiger partial charge in [0.25, 0.3) is 0 Å². The number of methoxy groups -OCH3 is 1. The Labute approximate surface area is 188 Å². The van der Waals surface area contributed by atoms with Crippen molar-refractivity contribution in [3.8, 4) is 0 Å². The van der Waals surface area contributed by atoms with Crippen LogP contribution in [-0.4, -0.2) is 92.4 Å². The molecule has 1 aliphatic heterocycles. The molecule has 8 heteroatoms. The van der Waals surface area contributed by atoms with Crippen molar-refractivity contribution in [2.75, 3.05) is 86.3 Å². The second-order valence-electron chi connectivity index (χ2n) is 5.18. The Hall–Kier alpha value is 1.36. The summed E-state index contributed by atoms with van der Waals surface area (Å²) >= 11 is 0. The minimum Gasteiger partial charge on any atom is -0.662 e. The minimum absolute atomic E-state index is 0. The van der Waals surface area contributed by atoms with Crippen LogP contribution in [0.3, 0.4) is 0 Å². The Morgan fingerprint density at radius 2 is 1.08 bits per heavy atom. The van der Waals surface area contributed by atoms with E-state index in [0.717, 1.165) is 25.9 Å². The van der Waals surface area contributed by atoms with Gasteiger partial charge in [-0.05, 0) is 12.8 Å². The second-order valence-corrected chi connectivity index (χ2v) is 5.18. The smallest absolute Gasteiger partial charge is 0.662 e. The summed E-state index contributed by atoms with van der Waals surface area (Å²) in [6.07, 6.45) is 2.45. The third-order valence-corrected chi connectivity index (χ3v) is 3.35. The van der Waals surface area contributed by atoms with Crippen LogP contribution < -0.4 is 51.4 Å². The molecule has 0 spiro atoms. The topological polar surface area (TPSA) is 69.5 Å². The van der Waals surface area contributed by atoms with Gasteiger partial charge >= 0.3 is 51.4 Å². The van der Waals surface area contributed by atoms with E-state index >= 15 is 0 Å². The molecule has 0 amide bonds. The first kappa shape index (κ1) is 25.4. The number of nitrogens with zero attached hydrogens (tertiary/aromatic N) is 1. The normalized spacial score (nSPS) is 15.4. The van der Waals surface area contributed by atoms with Crippen LogP contribution in [0, 0.1) is 0 Å². The number of piperidine rings is 1. The standard InChI is InChI=1S/C16H32NO6.K/c1-18-6-7-19-8-9-20-10-11-21-12-13-22-14-15-23-16-2-4-17-5-3-16;/h16H,2-15H2,1H3;/q-1;+1. The zero-order chi connectivity index (χ0) is 16.4.